The third-order valence-electron chi connectivity index (χ3n) is 5.88. The molecule has 1 aromatic heterocycles. The van der Waals surface area contributed by atoms with E-state index >= 15 is 0 Å². The smallest absolute Gasteiger partial charge is 0.353 e. The maximum atomic E-state index is 14.6. The molecule has 0 spiro atoms. The van der Waals surface area contributed by atoms with Gasteiger partial charge in [0.2, 0.25) is 19.5 Å². The molecule has 0 saturated carbocycles. The number of nitrogens with one attached hydrogen (secondary N) is 1. The third kappa shape index (κ3) is 9.60. The highest BCUT2D eigenvalue weighted by atomic mass is 35.5. The van der Waals surface area contributed by atoms with Crippen LogP contribution in [0.5, 0.6) is 0 Å². The second kappa shape index (κ2) is 14.5. The predicted molar refractivity (Wildman–Crippen MR) is 169 cm³/mol. The molecule has 1 heterocycles. The summed E-state index contributed by atoms with van der Waals surface area (Å²) in [4.78, 5) is 38.6. The van der Waals surface area contributed by atoms with Crippen molar-refractivity contribution in [3.63, 3.8) is 0 Å². The van der Waals surface area contributed by atoms with Gasteiger partial charge in [-0.15, -0.1) is 11.3 Å². The van der Waals surface area contributed by atoms with Gasteiger partial charge in [0, 0.05) is 20.9 Å². The Hall–Kier alpha value is -2.79. The van der Waals surface area contributed by atoms with Crippen LogP contribution >= 0.6 is 42.1 Å². The van der Waals surface area contributed by atoms with Crippen LogP contribution in [0.15, 0.2) is 48.0 Å². The zero-order valence-electron chi connectivity index (χ0n) is 24.9. The number of thiophene rings is 1. The van der Waals surface area contributed by atoms with Crippen molar-refractivity contribution in [2.45, 2.75) is 47.2 Å². The molecule has 44 heavy (non-hydrogen) atoms. The number of fused-ring (bicyclic) bond motifs is 1. The average Bonchev–Trinajstić information content (AvgIpc) is 3.29. The van der Waals surface area contributed by atoms with Crippen LogP contribution < -0.4 is 5.32 Å². The predicted octanol–water partition coefficient (Wildman–Crippen LogP) is 8.50. The summed E-state index contributed by atoms with van der Waals surface area (Å²) in [6.07, 6.45) is 2.60. The molecule has 1 amide bonds. The summed E-state index contributed by atoms with van der Waals surface area (Å²) in [6.45, 7) is 8.05. The molecular weight excluding hydrogens is 655 g/mol. The Kier molecular flexibility index (Phi) is 11.8. The van der Waals surface area contributed by atoms with Crippen LogP contribution in [0.25, 0.3) is 16.2 Å². The first-order chi connectivity index (χ1) is 20.4. The molecule has 0 aliphatic heterocycles. The van der Waals surface area contributed by atoms with E-state index in [1.165, 1.54) is 35.7 Å². The Labute approximate surface area is 269 Å². The lowest BCUT2D eigenvalue weighted by atomic mass is 9.98. The van der Waals surface area contributed by atoms with Gasteiger partial charge >= 0.3 is 19.5 Å². The van der Waals surface area contributed by atoms with Gasteiger partial charge in [-0.05, 0) is 106 Å². The first kappa shape index (κ1) is 35.7. The summed E-state index contributed by atoms with van der Waals surface area (Å²) < 4.78 is 50.5. The van der Waals surface area contributed by atoms with E-state index in [0.717, 1.165) is 10.8 Å². The Morgan fingerprint density at radius 2 is 1.52 bits per heavy atom. The van der Waals surface area contributed by atoms with Gasteiger partial charge in [-0.25, -0.2) is 4.39 Å². The Morgan fingerprint density at radius 1 is 0.932 bits per heavy atom. The standard InChI is InChI=1S/C30H33Cl2FNO8PS/c1-29(2,3)27(36)39-16-41-43(38,42-17-40-28(37)30(4,5)6)25(23-15-44-24-8-7-19(31)14-22(23)24)26(35)34-10-9-18-11-20(32)13-21(33)12-18/h7-15,25H,16-17H2,1-6H3,(H,34,35)/b10-9+. The molecule has 0 radical (unpaired) electrons. The average molecular weight is 689 g/mol. The number of ether oxygens (including phenoxy) is 2. The van der Waals surface area contributed by atoms with Gasteiger partial charge < -0.3 is 14.8 Å². The summed E-state index contributed by atoms with van der Waals surface area (Å²) >= 11 is 13.4. The topological polar surface area (TPSA) is 117 Å². The number of rotatable bonds is 11. The largest absolute Gasteiger partial charge is 0.438 e. The van der Waals surface area contributed by atoms with Gasteiger partial charge in [-0.1, -0.05) is 23.2 Å². The summed E-state index contributed by atoms with van der Waals surface area (Å²) in [6, 6.07) is 8.79. The lowest BCUT2D eigenvalue weighted by Gasteiger charge is -2.27. The van der Waals surface area contributed by atoms with Crippen LogP contribution in [0.4, 0.5) is 4.39 Å². The number of carbonyl (C=O) groups is 3. The van der Waals surface area contributed by atoms with Crippen molar-refractivity contribution < 1.29 is 41.9 Å². The van der Waals surface area contributed by atoms with Crippen LogP contribution in [0.2, 0.25) is 10.0 Å². The highest BCUT2D eigenvalue weighted by Crippen LogP contribution is 2.62. The first-order valence-corrected chi connectivity index (χ1v) is 16.5. The molecule has 1 N–H and O–H groups in total. The number of halogens is 3. The van der Waals surface area contributed by atoms with Crippen LogP contribution in [-0.2, 0) is 37.5 Å². The maximum absolute atomic E-state index is 14.6. The Bertz CT molecular complexity index is 1560. The molecule has 1 atom stereocenters. The zero-order chi connectivity index (χ0) is 32.9. The van der Waals surface area contributed by atoms with Gasteiger partial charge in [-0.2, -0.15) is 0 Å². The molecule has 0 aliphatic rings. The third-order valence-corrected chi connectivity index (χ3v) is 9.39. The summed E-state index contributed by atoms with van der Waals surface area (Å²) in [5.41, 5.74) is -2.88. The molecule has 14 heteroatoms. The number of esters is 2. The summed E-state index contributed by atoms with van der Waals surface area (Å²) in [5.74, 6) is -2.75. The number of hydrogen-bond acceptors (Lipinski definition) is 9. The second-order valence-electron chi connectivity index (χ2n) is 11.7. The minimum atomic E-state index is -4.66. The van der Waals surface area contributed by atoms with E-state index in [0.29, 0.717) is 16.0 Å². The van der Waals surface area contributed by atoms with Gasteiger partial charge in [0.25, 0.3) is 0 Å². The highest BCUT2D eigenvalue weighted by Gasteiger charge is 2.45. The quantitative estimate of drug-likeness (QED) is 0.121. The highest BCUT2D eigenvalue weighted by molar-refractivity contribution is 7.55. The zero-order valence-corrected chi connectivity index (χ0v) is 28.2. The van der Waals surface area contributed by atoms with E-state index in [9.17, 15) is 23.3 Å². The number of carbonyl (C=O) groups excluding carboxylic acids is 3. The number of amides is 1. The van der Waals surface area contributed by atoms with Gasteiger partial charge in [0.15, 0.2) is 5.66 Å². The maximum Gasteiger partial charge on any atom is 0.353 e. The van der Waals surface area contributed by atoms with Crippen molar-refractivity contribution in [2.75, 3.05) is 13.6 Å². The van der Waals surface area contributed by atoms with Gasteiger partial charge in [-0.3, -0.25) is 28.0 Å². The molecule has 0 bridgehead atoms. The van der Waals surface area contributed by atoms with Crippen LogP contribution in [0.1, 0.15) is 58.3 Å². The monoisotopic (exact) mass is 687 g/mol. The van der Waals surface area contributed by atoms with Crippen molar-refractivity contribution in [1.82, 2.24) is 5.32 Å². The van der Waals surface area contributed by atoms with Crippen molar-refractivity contribution in [3.8, 4) is 0 Å². The fourth-order valence-corrected chi connectivity index (χ4v) is 6.74. The lowest BCUT2D eigenvalue weighted by Crippen LogP contribution is -2.29. The van der Waals surface area contributed by atoms with Crippen LogP contribution in [-0.4, -0.2) is 31.4 Å². The molecule has 2 aromatic carbocycles. The first-order valence-electron chi connectivity index (χ1n) is 13.2. The van der Waals surface area contributed by atoms with Crippen molar-refractivity contribution in [2.24, 2.45) is 10.8 Å². The molecule has 1 unspecified atom stereocenters. The number of hydrogen-bond donors (Lipinski definition) is 1. The molecular formula is C30H33Cl2FNO8PS. The summed E-state index contributed by atoms with van der Waals surface area (Å²) in [7, 11) is -4.66. The van der Waals surface area contributed by atoms with E-state index in [2.05, 4.69) is 5.32 Å². The van der Waals surface area contributed by atoms with Crippen molar-refractivity contribution in [3.05, 3.63) is 75.0 Å². The molecule has 0 aliphatic carbocycles. The van der Waals surface area contributed by atoms with E-state index in [-0.39, 0.29) is 10.6 Å². The summed E-state index contributed by atoms with van der Waals surface area (Å²) in [5, 5.41) is 5.13. The Balaban J connectivity index is 2.03. The van der Waals surface area contributed by atoms with Gasteiger partial charge in [0.05, 0.1) is 10.8 Å². The molecule has 0 saturated heterocycles. The van der Waals surface area contributed by atoms with Crippen molar-refractivity contribution in [1.29, 1.82) is 0 Å². The SMILES string of the molecule is CC(C)(C)C(=O)OCOP(=O)(OCOC(=O)C(C)(C)C)C(C(=O)N/C=C/c1cc(F)cc(Cl)c1)c1csc2ccc(Cl)cc12. The van der Waals surface area contributed by atoms with E-state index in [1.807, 2.05) is 0 Å². The fraction of sp³-hybridized carbons (Fsp3) is 0.367. The normalized spacial score (nSPS) is 13.2. The minimum absolute atomic E-state index is 0.149. The number of benzene rings is 2. The fourth-order valence-electron chi connectivity index (χ4n) is 3.58. The molecule has 9 nitrogen and oxygen atoms in total. The van der Waals surface area contributed by atoms with E-state index < -0.39 is 61.3 Å². The van der Waals surface area contributed by atoms with Crippen LogP contribution in [0, 0.1) is 16.6 Å². The van der Waals surface area contributed by atoms with E-state index in [4.69, 9.17) is 41.7 Å². The molecule has 3 rings (SSSR count). The van der Waals surface area contributed by atoms with Crippen LogP contribution in [0.3, 0.4) is 0 Å². The second-order valence-corrected chi connectivity index (χ2v) is 15.6. The Morgan fingerprint density at radius 3 is 2.07 bits per heavy atom. The lowest BCUT2D eigenvalue weighted by molar-refractivity contribution is -0.162. The molecule has 3 aromatic rings. The minimum Gasteiger partial charge on any atom is -0.438 e. The van der Waals surface area contributed by atoms with Crippen molar-refractivity contribution >= 4 is 76.1 Å². The van der Waals surface area contributed by atoms with E-state index in [1.54, 1.807) is 65.1 Å². The van der Waals surface area contributed by atoms with Gasteiger partial charge in [0.1, 0.15) is 5.82 Å². The molecule has 0 fully saturated rings. The molecule has 238 valence electrons.